The lowest BCUT2D eigenvalue weighted by Crippen LogP contribution is -2.00. The van der Waals surface area contributed by atoms with E-state index in [2.05, 4.69) is 47.8 Å². The fourth-order valence-corrected chi connectivity index (χ4v) is 3.92. The van der Waals surface area contributed by atoms with Gasteiger partial charge in [0.15, 0.2) is 11.5 Å². The first kappa shape index (κ1) is 16.8. The smallest absolute Gasteiger partial charge is 0.161 e. The van der Waals surface area contributed by atoms with Crippen molar-refractivity contribution < 1.29 is 13.9 Å². The lowest BCUT2D eigenvalue weighted by molar-refractivity contribution is 0.354. The van der Waals surface area contributed by atoms with E-state index in [0.29, 0.717) is 21.5 Å². The summed E-state index contributed by atoms with van der Waals surface area (Å²) in [6, 6.07) is 8.83. The van der Waals surface area contributed by atoms with Gasteiger partial charge in [-0.3, -0.25) is 0 Å². The van der Waals surface area contributed by atoms with Crippen LogP contribution in [0.3, 0.4) is 0 Å². The van der Waals surface area contributed by atoms with E-state index in [-0.39, 0.29) is 10.6 Å². The molecule has 1 atom stereocenters. The molecular weight excluding hydrogens is 471 g/mol. The largest absolute Gasteiger partial charge is 0.493 e. The molecule has 0 aliphatic heterocycles. The van der Waals surface area contributed by atoms with E-state index >= 15 is 0 Å². The molecule has 2 aromatic rings. The van der Waals surface area contributed by atoms with Crippen molar-refractivity contribution in [1.82, 2.24) is 0 Å². The Labute approximate surface area is 148 Å². The van der Waals surface area contributed by atoms with Crippen molar-refractivity contribution in [1.29, 1.82) is 0 Å². The summed E-state index contributed by atoms with van der Waals surface area (Å²) in [7, 11) is 3.14. The molecule has 1 unspecified atom stereocenters. The van der Waals surface area contributed by atoms with E-state index < -0.39 is 0 Å². The molecule has 112 valence electrons. The average molecular weight is 483 g/mol. The van der Waals surface area contributed by atoms with Crippen LogP contribution in [0.4, 0.5) is 4.39 Å². The summed E-state index contributed by atoms with van der Waals surface area (Å²) in [5, 5.41) is 0. The minimum absolute atomic E-state index is 0.291. The molecule has 0 radical (unpaired) electrons. The second-order valence-electron chi connectivity index (χ2n) is 4.23. The zero-order valence-corrected chi connectivity index (χ0v) is 16.1. The highest BCUT2D eigenvalue weighted by atomic mass is 79.9. The van der Waals surface area contributed by atoms with Gasteiger partial charge in [0.2, 0.25) is 0 Å². The number of rotatable bonds is 4. The van der Waals surface area contributed by atoms with Gasteiger partial charge in [-0.2, -0.15) is 0 Å². The summed E-state index contributed by atoms with van der Waals surface area (Å²) < 4.78 is 26.0. The first-order valence-corrected chi connectivity index (χ1v) is 8.49. The Bertz CT molecular complexity index is 662. The minimum atomic E-state index is -0.316. The first-order chi connectivity index (χ1) is 9.99. The minimum Gasteiger partial charge on any atom is -0.493 e. The molecule has 0 fully saturated rings. The predicted octanol–water partition coefficient (Wildman–Crippen LogP) is 5.85. The molecule has 0 saturated heterocycles. The zero-order valence-electron chi connectivity index (χ0n) is 11.3. The third-order valence-electron chi connectivity index (χ3n) is 3.03. The molecule has 2 nitrogen and oxygen atoms in total. The summed E-state index contributed by atoms with van der Waals surface area (Å²) in [4.78, 5) is -0.316. The Hall–Kier alpha value is -0.590. The Morgan fingerprint density at radius 2 is 1.57 bits per heavy atom. The van der Waals surface area contributed by atoms with Crippen LogP contribution in [0.5, 0.6) is 11.5 Å². The molecule has 2 rings (SSSR count). The summed E-state index contributed by atoms with van der Waals surface area (Å²) in [6.07, 6.45) is 0. The molecule has 0 aromatic heterocycles. The molecule has 21 heavy (non-hydrogen) atoms. The molecule has 0 bridgehead atoms. The zero-order chi connectivity index (χ0) is 15.6. The SMILES string of the molecule is COc1cc(Br)c(C(Br)c2cccc(Br)c2F)cc1OC. The molecule has 0 saturated carbocycles. The van der Waals surface area contributed by atoms with Gasteiger partial charge < -0.3 is 9.47 Å². The maximum atomic E-state index is 14.2. The van der Waals surface area contributed by atoms with Crippen LogP contribution < -0.4 is 9.47 Å². The van der Waals surface area contributed by atoms with Crippen molar-refractivity contribution in [3.8, 4) is 11.5 Å². The predicted molar refractivity (Wildman–Crippen MR) is 92.1 cm³/mol. The van der Waals surface area contributed by atoms with Gasteiger partial charge in [0.25, 0.3) is 0 Å². The van der Waals surface area contributed by atoms with Crippen molar-refractivity contribution in [3.63, 3.8) is 0 Å². The van der Waals surface area contributed by atoms with Gasteiger partial charge in [-0.05, 0) is 39.7 Å². The van der Waals surface area contributed by atoms with E-state index in [9.17, 15) is 4.39 Å². The number of alkyl halides is 1. The summed E-state index contributed by atoms with van der Waals surface area (Å²) in [6.45, 7) is 0. The van der Waals surface area contributed by atoms with Gasteiger partial charge >= 0.3 is 0 Å². The third kappa shape index (κ3) is 3.43. The summed E-state index contributed by atoms with van der Waals surface area (Å²) >= 11 is 10.2. The number of halogens is 4. The standard InChI is InChI=1S/C15H12Br3FO2/c1-20-12-6-9(11(17)7-13(12)21-2)14(18)8-4-3-5-10(16)15(8)19/h3-7,14H,1-2H3. The van der Waals surface area contributed by atoms with Gasteiger partial charge in [-0.1, -0.05) is 44.0 Å². The van der Waals surface area contributed by atoms with Crippen LogP contribution in [-0.2, 0) is 0 Å². The monoisotopic (exact) mass is 480 g/mol. The summed E-state index contributed by atoms with van der Waals surface area (Å²) in [5.74, 6) is 0.916. The number of benzene rings is 2. The van der Waals surface area contributed by atoms with Gasteiger partial charge in [-0.15, -0.1) is 0 Å². The van der Waals surface area contributed by atoms with Gasteiger partial charge in [0, 0.05) is 10.0 Å². The highest BCUT2D eigenvalue weighted by molar-refractivity contribution is 9.11. The molecule has 2 aromatic carbocycles. The van der Waals surface area contributed by atoms with Crippen LogP contribution >= 0.6 is 47.8 Å². The number of ether oxygens (including phenoxy) is 2. The van der Waals surface area contributed by atoms with Crippen molar-refractivity contribution in [2.75, 3.05) is 14.2 Å². The third-order valence-corrected chi connectivity index (χ3v) is 5.32. The fourth-order valence-electron chi connectivity index (χ4n) is 1.95. The van der Waals surface area contributed by atoms with Crippen LogP contribution in [0, 0.1) is 5.82 Å². The molecule has 0 N–H and O–H groups in total. The molecule has 0 spiro atoms. The maximum absolute atomic E-state index is 14.2. The number of hydrogen-bond donors (Lipinski definition) is 0. The second-order valence-corrected chi connectivity index (χ2v) is 6.86. The van der Waals surface area contributed by atoms with Crippen molar-refractivity contribution in [2.45, 2.75) is 4.83 Å². The van der Waals surface area contributed by atoms with Crippen LogP contribution in [0.1, 0.15) is 16.0 Å². The van der Waals surface area contributed by atoms with Crippen molar-refractivity contribution in [3.05, 3.63) is 56.2 Å². The van der Waals surface area contributed by atoms with Crippen LogP contribution in [-0.4, -0.2) is 14.2 Å². The van der Waals surface area contributed by atoms with E-state index in [1.54, 1.807) is 38.5 Å². The van der Waals surface area contributed by atoms with Crippen LogP contribution in [0.25, 0.3) is 0 Å². The molecule has 0 heterocycles. The summed E-state index contributed by atoms with van der Waals surface area (Å²) in [5.41, 5.74) is 1.39. The Morgan fingerprint density at radius 3 is 2.19 bits per heavy atom. The number of hydrogen-bond acceptors (Lipinski definition) is 2. The van der Waals surface area contributed by atoms with Gasteiger partial charge in [0.1, 0.15) is 5.82 Å². The average Bonchev–Trinajstić information content (AvgIpc) is 2.49. The molecule has 0 aliphatic carbocycles. The normalized spacial score (nSPS) is 12.1. The Kier molecular flexibility index (Phi) is 5.68. The van der Waals surface area contributed by atoms with Crippen LogP contribution in [0.15, 0.2) is 39.3 Å². The molecule has 6 heteroatoms. The van der Waals surface area contributed by atoms with E-state index in [0.717, 1.165) is 10.0 Å². The second kappa shape index (κ2) is 7.11. The molecular formula is C15H12Br3FO2. The van der Waals surface area contributed by atoms with E-state index in [1.165, 1.54) is 0 Å². The Balaban J connectivity index is 2.53. The first-order valence-electron chi connectivity index (χ1n) is 5.99. The van der Waals surface area contributed by atoms with E-state index in [1.807, 2.05) is 6.07 Å². The highest BCUT2D eigenvalue weighted by Gasteiger charge is 2.21. The molecule has 0 amide bonds. The topological polar surface area (TPSA) is 18.5 Å². The fraction of sp³-hybridized carbons (Fsp3) is 0.200. The maximum Gasteiger partial charge on any atom is 0.161 e. The van der Waals surface area contributed by atoms with Gasteiger partial charge in [-0.25, -0.2) is 4.39 Å². The van der Waals surface area contributed by atoms with Crippen molar-refractivity contribution >= 4 is 47.8 Å². The Morgan fingerprint density at radius 1 is 0.952 bits per heavy atom. The van der Waals surface area contributed by atoms with Crippen molar-refractivity contribution in [2.24, 2.45) is 0 Å². The highest BCUT2D eigenvalue weighted by Crippen LogP contribution is 2.42. The van der Waals surface area contributed by atoms with Gasteiger partial charge in [0.05, 0.1) is 23.5 Å². The quantitative estimate of drug-likeness (QED) is 0.509. The van der Waals surface area contributed by atoms with E-state index in [4.69, 9.17) is 9.47 Å². The lowest BCUT2D eigenvalue weighted by Gasteiger charge is -2.17. The molecule has 0 aliphatic rings. The number of methoxy groups -OCH3 is 2. The van der Waals surface area contributed by atoms with Crippen LogP contribution in [0.2, 0.25) is 0 Å². The lowest BCUT2D eigenvalue weighted by atomic mass is 10.0.